The van der Waals surface area contributed by atoms with Gasteiger partial charge in [0.05, 0.1) is 0 Å². The molecule has 2 aromatic carbocycles. The van der Waals surface area contributed by atoms with E-state index in [0.29, 0.717) is 0 Å². The van der Waals surface area contributed by atoms with Gasteiger partial charge in [-0.1, -0.05) is 65.8 Å². The highest BCUT2D eigenvalue weighted by Gasteiger charge is 2.14. The predicted octanol–water partition coefficient (Wildman–Crippen LogP) is 4.74. The number of rotatable bonds is 4. The topological polar surface area (TPSA) is 18.5 Å². The van der Waals surface area contributed by atoms with Crippen LogP contribution in [-0.2, 0) is 10.8 Å². The molecule has 0 heterocycles. The summed E-state index contributed by atoms with van der Waals surface area (Å²) in [4.78, 5) is 0. The summed E-state index contributed by atoms with van der Waals surface area (Å²) in [5, 5.41) is 0. The molecule has 2 rings (SSSR count). The van der Waals surface area contributed by atoms with E-state index in [2.05, 4.69) is 65.8 Å². The minimum absolute atomic E-state index is 0.168. The van der Waals surface area contributed by atoms with E-state index in [0.717, 1.165) is 11.5 Å². The Labute approximate surface area is 142 Å². The quantitative estimate of drug-likeness (QED) is 0.755. The first kappa shape index (κ1) is 17.6. The number of hydrogen-bond donors (Lipinski definition) is 0. The summed E-state index contributed by atoms with van der Waals surface area (Å²) in [6.45, 7) is 13.3. The molecule has 3 heteroatoms. The summed E-state index contributed by atoms with van der Waals surface area (Å²) in [7, 11) is -1.08. The van der Waals surface area contributed by atoms with Crippen LogP contribution in [-0.4, -0.2) is 10.0 Å². The van der Waals surface area contributed by atoms with Crippen LogP contribution in [0.4, 0.5) is 0 Å². The van der Waals surface area contributed by atoms with Gasteiger partial charge in [0, 0.05) is 0 Å². The SMILES string of the molecule is CC(C)(C)c1ccc(O[SiH2]Oc2ccc(C(C)(C)C)cc2)cc1. The molecule has 0 radical (unpaired) electrons. The Morgan fingerprint density at radius 3 is 1.13 bits per heavy atom. The lowest BCUT2D eigenvalue weighted by molar-refractivity contribution is 0.458. The monoisotopic (exact) mass is 328 g/mol. The maximum Gasteiger partial charge on any atom is 0.427 e. The van der Waals surface area contributed by atoms with Crippen LogP contribution in [0.25, 0.3) is 0 Å². The smallest absolute Gasteiger partial charge is 0.427 e. The minimum Gasteiger partial charge on any atom is -0.516 e. The summed E-state index contributed by atoms with van der Waals surface area (Å²) >= 11 is 0. The molecule has 124 valence electrons. The molecule has 0 spiro atoms. The predicted molar refractivity (Wildman–Crippen MR) is 100 cm³/mol. The Morgan fingerprint density at radius 1 is 0.565 bits per heavy atom. The third-order valence-electron chi connectivity index (χ3n) is 3.89. The first-order chi connectivity index (χ1) is 10.7. The first-order valence-electron chi connectivity index (χ1n) is 8.13. The molecule has 2 aromatic rings. The fourth-order valence-electron chi connectivity index (χ4n) is 2.27. The average molecular weight is 329 g/mol. The highest BCUT2D eigenvalue weighted by molar-refractivity contribution is 6.20. The van der Waals surface area contributed by atoms with Crippen molar-refractivity contribution in [1.82, 2.24) is 0 Å². The maximum absolute atomic E-state index is 5.79. The van der Waals surface area contributed by atoms with Gasteiger partial charge in [-0.05, 0) is 46.2 Å². The van der Waals surface area contributed by atoms with Gasteiger partial charge >= 0.3 is 10.0 Å². The van der Waals surface area contributed by atoms with Gasteiger partial charge < -0.3 is 8.85 Å². The molecule has 23 heavy (non-hydrogen) atoms. The third-order valence-corrected chi connectivity index (χ3v) is 4.79. The molecule has 0 fully saturated rings. The molecule has 0 aliphatic carbocycles. The van der Waals surface area contributed by atoms with Gasteiger partial charge in [-0.25, -0.2) is 0 Å². The molecular weight excluding hydrogens is 300 g/mol. The lowest BCUT2D eigenvalue weighted by Gasteiger charge is -2.20. The zero-order valence-corrected chi connectivity index (χ0v) is 16.6. The van der Waals surface area contributed by atoms with Crippen molar-refractivity contribution in [2.24, 2.45) is 0 Å². The van der Waals surface area contributed by atoms with E-state index >= 15 is 0 Å². The third kappa shape index (κ3) is 5.14. The van der Waals surface area contributed by atoms with E-state index in [1.807, 2.05) is 24.3 Å². The van der Waals surface area contributed by atoms with Gasteiger partial charge in [-0.15, -0.1) is 0 Å². The zero-order valence-electron chi connectivity index (χ0n) is 15.1. The molecule has 2 nitrogen and oxygen atoms in total. The van der Waals surface area contributed by atoms with Crippen molar-refractivity contribution in [1.29, 1.82) is 0 Å². The molecule has 0 saturated carbocycles. The lowest BCUT2D eigenvalue weighted by atomic mass is 9.87. The summed E-state index contributed by atoms with van der Waals surface area (Å²) < 4.78 is 11.6. The average Bonchev–Trinajstić information content (AvgIpc) is 2.46. The van der Waals surface area contributed by atoms with Gasteiger partial charge in [0.1, 0.15) is 11.5 Å². The molecule has 0 aliphatic rings. The molecule has 0 atom stereocenters. The highest BCUT2D eigenvalue weighted by Crippen LogP contribution is 2.25. The van der Waals surface area contributed by atoms with E-state index in [1.165, 1.54) is 11.1 Å². The zero-order chi connectivity index (χ0) is 17.1. The second kappa shape index (κ2) is 6.79. The van der Waals surface area contributed by atoms with Crippen molar-refractivity contribution < 1.29 is 8.85 Å². The molecule has 0 bridgehead atoms. The summed E-state index contributed by atoms with van der Waals surface area (Å²) in [5.41, 5.74) is 2.96. The van der Waals surface area contributed by atoms with Crippen molar-refractivity contribution in [2.75, 3.05) is 0 Å². The Hall–Kier alpha value is -1.74. The Morgan fingerprint density at radius 2 is 0.870 bits per heavy atom. The van der Waals surface area contributed by atoms with Crippen LogP contribution in [0.1, 0.15) is 52.7 Å². The van der Waals surface area contributed by atoms with Crippen molar-refractivity contribution in [3.8, 4) is 11.5 Å². The first-order valence-corrected chi connectivity index (χ1v) is 9.28. The van der Waals surface area contributed by atoms with E-state index in [9.17, 15) is 0 Å². The van der Waals surface area contributed by atoms with Gasteiger partial charge in [0.25, 0.3) is 0 Å². The van der Waals surface area contributed by atoms with E-state index in [1.54, 1.807) is 0 Å². The van der Waals surface area contributed by atoms with Crippen molar-refractivity contribution in [2.45, 2.75) is 52.4 Å². The summed E-state index contributed by atoms with van der Waals surface area (Å²) in [6, 6.07) is 16.6. The van der Waals surface area contributed by atoms with E-state index in [-0.39, 0.29) is 10.8 Å². The fourth-order valence-corrected chi connectivity index (χ4v) is 2.98. The van der Waals surface area contributed by atoms with E-state index in [4.69, 9.17) is 8.85 Å². The van der Waals surface area contributed by atoms with Crippen molar-refractivity contribution in [3.63, 3.8) is 0 Å². The largest absolute Gasteiger partial charge is 0.516 e. The molecule has 0 amide bonds. The summed E-state index contributed by atoms with van der Waals surface area (Å²) in [5.74, 6) is 1.77. The van der Waals surface area contributed by atoms with Crippen LogP contribution >= 0.6 is 0 Å². The lowest BCUT2D eigenvalue weighted by Crippen LogP contribution is -2.13. The van der Waals surface area contributed by atoms with Crippen LogP contribution in [0.3, 0.4) is 0 Å². The van der Waals surface area contributed by atoms with Gasteiger partial charge in [0.15, 0.2) is 0 Å². The molecule has 0 aliphatic heterocycles. The molecule has 0 aromatic heterocycles. The molecule has 0 unspecified atom stereocenters. The molecule has 0 saturated heterocycles. The van der Waals surface area contributed by atoms with Crippen LogP contribution in [0.5, 0.6) is 11.5 Å². The summed E-state index contributed by atoms with van der Waals surface area (Å²) in [6.07, 6.45) is 0. The van der Waals surface area contributed by atoms with Crippen LogP contribution < -0.4 is 8.85 Å². The second-order valence-electron chi connectivity index (χ2n) is 7.96. The van der Waals surface area contributed by atoms with Crippen LogP contribution in [0.2, 0.25) is 0 Å². The van der Waals surface area contributed by atoms with Gasteiger partial charge in [0.2, 0.25) is 0 Å². The standard InChI is InChI=1S/C20H28O2Si/c1-19(2,3)15-7-11-17(12-8-15)21-23-22-18-13-9-16(10-14-18)20(4,5)6/h7-14H,23H2,1-6H3. The highest BCUT2D eigenvalue weighted by atomic mass is 28.3. The number of benzene rings is 2. The fraction of sp³-hybridized carbons (Fsp3) is 0.400. The van der Waals surface area contributed by atoms with E-state index < -0.39 is 10.0 Å². The Kier molecular flexibility index (Phi) is 5.20. The van der Waals surface area contributed by atoms with Crippen LogP contribution in [0.15, 0.2) is 48.5 Å². The second-order valence-corrected chi connectivity index (χ2v) is 8.77. The maximum atomic E-state index is 5.79. The van der Waals surface area contributed by atoms with Crippen molar-refractivity contribution >= 4 is 10.0 Å². The molecule has 0 N–H and O–H groups in total. The Balaban J connectivity index is 1.87. The minimum atomic E-state index is -1.08. The van der Waals surface area contributed by atoms with Gasteiger partial charge in [-0.2, -0.15) is 0 Å². The van der Waals surface area contributed by atoms with Crippen LogP contribution in [0, 0.1) is 0 Å². The normalized spacial score (nSPS) is 12.1. The molecular formula is C20H28O2Si. The van der Waals surface area contributed by atoms with Crippen molar-refractivity contribution in [3.05, 3.63) is 59.7 Å². The van der Waals surface area contributed by atoms with Gasteiger partial charge in [-0.3, -0.25) is 0 Å². The number of hydrogen-bond acceptors (Lipinski definition) is 2. The Bertz CT molecular complexity index is 559.